The fourth-order valence-corrected chi connectivity index (χ4v) is 2.41. The number of benzene rings is 1. The van der Waals surface area contributed by atoms with E-state index in [1.807, 2.05) is 31.2 Å². The highest BCUT2D eigenvalue weighted by Crippen LogP contribution is 2.36. The van der Waals surface area contributed by atoms with Crippen molar-refractivity contribution in [2.24, 2.45) is 0 Å². The van der Waals surface area contributed by atoms with Gasteiger partial charge < -0.3 is 9.84 Å². The van der Waals surface area contributed by atoms with Gasteiger partial charge in [0.15, 0.2) is 0 Å². The molecule has 0 fully saturated rings. The van der Waals surface area contributed by atoms with E-state index in [4.69, 9.17) is 4.74 Å². The zero-order valence-corrected chi connectivity index (χ0v) is 10.3. The molecule has 1 unspecified atom stereocenters. The quantitative estimate of drug-likeness (QED) is 0.878. The zero-order valence-electron chi connectivity index (χ0n) is 10.3. The Kier molecular flexibility index (Phi) is 2.76. The Hall–Kier alpha value is -1.87. The predicted octanol–water partition coefficient (Wildman–Crippen LogP) is 2.41. The first-order chi connectivity index (χ1) is 8.77. The largest absolute Gasteiger partial charge is 0.493 e. The number of aliphatic hydroxyl groups is 1. The van der Waals surface area contributed by atoms with Gasteiger partial charge in [-0.25, -0.2) is 0 Å². The van der Waals surface area contributed by atoms with Crippen molar-refractivity contribution in [1.82, 2.24) is 4.98 Å². The van der Waals surface area contributed by atoms with Gasteiger partial charge in [-0.15, -0.1) is 0 Å². The van der Waals surface area contributed by atoms with E-state index in [0.717, 1.165) is 29.0 Å². The van der Waals surface area contributed by atoms with Crippen molar-refractivity contribution < 1.29 is 9.84 Å². The summed E-state index contributed by atoms with van der Waals surface area (Å²) >= 11 is 0. The second-order valence-corrected chi connectivity index (χ2v) is 4.51. The van der Waals surface area contributed by atoms with Crippen LogP contribution in [0.2, 0.25) is 0 Å². The van der Waals surface area contributed by atoms with Crippen molar-refractivity contribution in [3.8, 4) is 5.75 Å². The molecular formula is C15H15NO2. The van der Waals surface area contributed by atoms with Crippen molar-refractivity contribution in [1.29, 1.82) is 0 Å². The van der Waals surface area contributed by atoms with Crippen LogP contribution >= 0.6 is 0 Å². The summed E-state index contributed by atoms with van der Waals surface area (Å²) in [7, 11) is 0. The smallest absolute Gasteiger partial charge is 0.128 e. The molecule has 0 amide bonds. The molecule has 0 saturated heterocycles. The normalized spacial score (nSPS) is 15.0. The lowest BCUT2D eigenvalue weighted by atomic mass is 9.97. The van der Waals surface area contributed by atoms with Crippen LogP contribution in [0.1, 0.15) is 28.5 Å². The number of nitrogens with zero attached hydrogens (tertiary/aromatic N) is 1. The number of aliphatic hydroxyl groups excluding tert-OH is 1. The first kappa shape index (κ1) is 11.2. The topological polar surface area (TPSA) is 42.4 Å². The zero-order chi connectivity index (χ0) is 12.5. The number of aryl methyl sites for hydroxylation is 1. The highest BCUT2D eigenvalue weighted by Gasteiger charge is 2.22. The SMILES string of the molecule is Cc1ncccc1C(O)c1cccc2c1OCC2. The molecule has 3 nitrogen and oxygen atoms in total. The van der Waals surface area contributed by atoms with Gasteiger partial charge >= 0.3 is 0 Å². The molecule has 0 radical (unpaired) electrons. The molecule has 1 aliphatic heterocycles. The Bertz CT molecular complexity index is 580. The Morgan fingerprint density at radius 1 is 1.22 bits per heavy atom. The molecule has 92 valence electrons. The van der Waals surface area contributed by atoms with E-state index in [0.29, 0.717) is 6.61 Å². The minimum absolute atomic E-state index is 0.674. The van der Waals surface area contributed by atoms with Crippen molar-refractivity contribution in [2.45, 2.75) is 19.4 Å². The molecule has 18 heavy (non-hydrogen) atoms. The molecule has 2 aromatic rings. The Morgan fingerprint density at radius 2 is 2.06 bits per heavy atom. The van der Waals surface area contributed by atoms with E-state index < -0.39 is 6.10 Å². The van der Waals surface area contributed by atoms with Crippen LogP contribution in [-0.4, -0.2) is 16.7 Å². The Labute approximate surface area is 106 Å². The van der Waals surface area contributed by atoms with Crippen molar-refractivity contribution >= 4 is 0 Å². The lowest BCUT2D eigenvalue weighted by Crippen LogP contribution is -2.05. The molecule has 0 saturated carbocycles. The van der Waals surface area contributed by atoms with Gasteiger partial charge in [-0.2, -0.15) is 0 Å². The molecule has 2 heterocycles. The Morgan fingerprint density at radius 3 is 2.89 bits per heavy atom. The number of para-hydroxylation sites is 1. The number of hydrogen-bond donors (Lipinski definition) is 1. The minimum atomic E-state index is -0.674. The number of aromatic nitrogens is 1. The van der Waals surface area contributed by atoms with Crippen LogP contribution in [0.25, 0.3) is 0 Å². The summed E-state index contributed by atoms with van der Waals surface area (Å²) in [6.07, 6.45) is 1.98. The highest BCUT2D eigenvalue weighted by molar-refractivity contribution is 5.48. The van der Waals surface area contributed by atoms with Crippen molar-refractivity contribution in [2.75, 3.05) is 6.61 Å². The van der Waals surface area contributed by atoms with Gasteiger partial charge in [-0.3, -0.25) is 4.98 Å². The summed E-state index contributed by atoms with van der Waals surface area (Å²) in [5.41, 5.74) is 3.69. The van der Waals surface area contributed by atoms with Crippen molar-refractivity contribution in [3.05, 3.63) is 58.9 Å². The molecular weight excluding hydrogens is 226 g/mol. The standard InChI is InChI=1S/C15H15NO2/c1-10-12(6-3-8-16-10)14(17)13-5-2-4-11-7-9-18-15(11)13/h2-6,8,14,17H,7,9H2,1H3. The summed E-state index contributed by atoms with van der Waals surface area (Å²) in [5, 5.41) is 10.5. The van der Waals surface area contributed by atoms with E-state index in [1.165, 1.54) is 5.56 Å². The number of pyridine rings is 1. The maximum atomic E-state index is 10.5. The lowest BCUT2D eigenvalue weighted by molar-refractivity contribution is 0.212. The summed E-state index contributed by atoms with van der Waals surface area (Å²) < 4.78 is 5.63. The van der Waals surface area contributed by atoms with E-state index in [1.54, 1.807) is 6.20 Å². The third-order valence-electron chi connectivity index (χ3n) is 3.38. The van der Waals surface area contributed by atoms with Gasteiger partial charge in [0.1, 0.15) is 11.9 Å². The fraction of sp³-hybridized carbons (Fsp3) is 0.267. The second-order valence-electron chi connectivity index (χ2n) is 4.51. The molecule has 1 atom stereocenters. The van der Waals surface area contributed by atoms with E-state index in [2.05, 4.69) is 11.1 Å². The number of fused-ring (bicyclic) bond motifs is 1. The average molecular weight is 241 g/mol. The minimum Gasteiger partial charge on any atom is -0.493 e. The predicted molar refractivity (Wildman–Crippen MR) is 68.7 cm³/mol. The fourth-order valence-electron chi connectivity index (χ4n) is 2.41. The first-order valence-electron chi connectivity index (χ1n) is 6.11. The molecule has 3 heteroatoms. The number of rotatable bonds is 2. The number of ether oxygens (including phenoxy) is 1. The lowest BCUT2D eigenvalue weighted by Gasteiger charge is -2.16. The van der Waals surface area contributed by atoms with E-state index >= 15 is 0 Å². The van der Waals surface area contributed by atoms with E-state index in [9.17, 15) is 5.11 Å². The molecule has 3 rings (SSSR count). The molecule has 1 aromatic heterocycles. The van der Waals surface area contributed by atoms with Gasteiger partial charge in [0.2, 0.25) is 0 Å². The van der Waals surface area contributed by atoms with E-state index in [-0.39, 0.29) is 0 Å². The van der Waals surface area contributed by atoms with Crippen LogP contribution in [0.5, 0.6) is 5.75 Å². The maximum Gasteiger partial charge on any atom is 0.128 e. The molecule has 1 aliphatic rings. The van der Waals surface area contributed by atoms with Crippen molar-refractivity contribution in [3.63, 3.8) is 0 Å². The Balaban J connectivity index is 2.06. The summed E-state index contributed by atoms with van der Waals surface area (Å²) in [6, 6.07) is 9.69. The second kappa shape index (κ2) is 4.42. The third-order valence-corrected chi connectivity index (χ3v) is 3.38. The van der Waals surface area contributed by atoms with Crippen LogP contribution in [-0.2, 0) is 6.42 Å². The van der Waals surface area contributed by atoms with Crippen LogP contribution in [0.4, 0.5) is 0 Å². The van der Waals surface area contributed by atoms with Gasteiger partial charge in [-0.1, -0.05) is 24.3 Å². The molecule has 1 N–H and O–H groups in total. The molecule has 1 aromatic carbocycles. The maximum absolute atomic E-state index is 10.5. The summed E-state index contributed by atoms with van der Waals surface area (Å²) in [5.74, 6) is 0.841. The third kappa shape index (κ3) is 1.77. The van der Waals surface area contributed by atoms with Gasteiger partial charge in [-0.05, 0) is 18.6 Å². The van der Waals surface area contributed by atoms with Crippen LogP contribution in [0.15, 0.2) is 36.5 Å². The monoisotopic (exact) mass is 241 g/mol. The number of hydrogen-bond acceptors (Lipinski definition) is 3. The molecule has 0 spiro atoms. The van der Waals surface area contributed by atoms with Gasteiger partial charge in [0.25, 0.3) is 0 Å². The van der Waals surface area contributed by atoms with Gasteiger partial charge in [0, 0.05) is 29.4 Å². The summed E-state index contributed by atoms with van der Waals surface area (Å²) in [4.78, 5) is 4.22. The van der Waals surface area contributed by atoms with Crippen LogP contribution < -0.4 is 4.74 Å². The highest BCUT2D eigenvalue weighted by atomic mass is 16.5. The summed E-state index contributed by atoms with van der Waals surface area (Å²) in [6.45, 7) is 2.60. The average Bonchev–Trinajstić information content (AvgIpc) is 2.86. The molecule has 0 aliphatic carbocycles. The van der Waals surface area contributed by atoms with Gasteiger partial charge in [0.05, 0.1) is 6.61 Å². The van der Waals surface area contributed by atoms with Crippen LogP contribution in [0.3, 0.4) is 0 Å². The van der Waals surface area contributed by atoms with Crippen LogP contribution in [0, 0.1) is 6.92 Å². The first-order valence-corrected chi connectivity index (χ1v) is 6.11. The molecule has 0 bridgehead atoms.